The number of benzene rings is 2. The molecular weight excluding hydrogens is 331 g/mol. The van der Waals surface area contributed by atoms with E-state index in [1.807, 2.05) is 32.2 Å². The Labute approximate surface area is 133 Å². The summed E-state index contributed by atoms with van der Waals surface area (Å²) < 4.78 is 14.8. The number of hydrogen-bond acceptors (Lipinski definition) is 2. The monoisotopic (exact) mass is 350 g/mol. The molecule has 0 aliphatic carbocycles. The van der Waals surface area contributed by atoms with Crippen LogP contribution in [0.25, 0.3) is 0 Å². The van der Waals surface area contributed by atoms with Crippen molar-refractivity contribution < 1.29 is 4.39 Å². The van der Waals surface area contributed by atoms with E-state index in [-0.39, 0.29) is 11.9 Å². The van der Waals surface area contributed by atoms with E-state index in [9.17, 15) is 4.39 Å². The first-order valence-electron chi connectivity index (χ1n) is 6.89. The largest absolute Gasteiger partial charge is 0.370 e. The van der Waals surface area contributed by atoms with Crippen LogP contribution in [0, 0.1) is 12.7 Å². The summed E-state index contributed by atoms with van der Waals surface area (Å²) in [7, 11) is 2.00. The van der Waals surface area contributed by atoms with Gasteiger partial charge in [-0.25, -0.2) is 4.39 Å². The molecule has 0 radical (unpaired) electrons. The number of nitrogens with zero attached hydrogens (tertiary/aromatic N) is 1. The number of nitrogens with two attached hydrogens (primary N) is 1. The summed E-state index contributed by atoms with van der Waals surface area (Å²) in [6.07, 6.45) is 0. The van der Waals surface area contributed by atoms with Gasteiger partial charge in [-0.3, -0.25) is 0 Å². The molecule has 0 amide bonds. The summed E-state index contributed by atoms with van der Waals surface area (Å²) in [5.74, 6) is -0.205. The molecule has 4 heteroatoms. The maximum Gasteiger partial charge on any atom is 0.126 e. The highest BCUT2D eigenvalue weighted by Gasteiger charge is 2.14. The van der Waals surface area contributed by atoms with Gasteiger partial charge in [0, 0.05) is 29.8 Å². The zero-order valence-electron chi connectivity index (χ0n) is 12.5. The second kappa shape index (κ2) is 6.58. The van der Waals surface area contributed by atoms with E-state index >= 15 is 0 Å². The second-order valence-electron chi connectivity index (χ2n) is 5.43. The van der Waals surface area contributed by atoms with Gasteiger partial charge in [0.15, 0.2) is 0 Å². The lowest BCUT2D eigenvalue weighted by molar-refractivity contribution is 0.612. The molecule has 2 nitrogen and oxygen atoms in total. The minimum Gasteiger partial charge on any atom is -0.370 e. The molecule has 0 heterocycles. The third-order valence-electron chi connectivity index (χ3n) is 3.54. The Morgan fingerprint density at radius 2 is 1.86 bits per heavy atom. The van der Waals surface area contributed by atoms with E-state index in [0.717, 1.165) is 22.3 Å². The predicted octanol–water partition coefficient (Wildman–Crippen LogP) is 4.55. The van der Waals surface area contributed by atoms with E-state index in [2.05, 4.69) is 33.0 Å². The lowest BCUT2D eigenvalue weighted by Gasteiger charge is -2.25. The van der Waals surface area contributed by atoms with Crippen LogP contribution in [-0.4, -0.2) is 7.05 Å². The lowest BCUT2D eigenvalue weighted by Crippen LogP contribution is -2.20. The Balaban J connectivity index is 2.31. The fraction of sp³-hybridized carbons (Fsp3) is 0.294. The van der Waals surface area contributed by atoms with Crippen molar-refractivity contribution >= 4 is 21.6 Å². The Bertz CT molecular complexity index is 623. The molecule has 0 aromatic heterocycles. The van der Waals surface area contributed by atoms with Crippen LogP contribution in [0.3, 0.4) is 0 Å². The van der Waals surface area contributed by atoms with Crippen LogP contribution in [0.4, 0.5) is 10.1 Å². The van der Waals surface area contributed by atoms with Crippen molar-refractivity contribution in [1.82, 2.24) is 0 Å². The quantitative estimate of drug-likeness (QED) is 0.876. The van der Waals surface area contributed by atoms with Crippen molar-refractivity contribution in [3.05, 3.63) is 63.4 Å². The van der Waals surface area contributed by atoms with Gasteiger partial charge in [-0.1, -0.05) is 28.1 Å². The van der Waals surface area contributed by atoms with Gasteiger partial charge >= 0.3 is 0 Å². The molecule has 0 aliphatic heterocycles. The zero-order chi connectivity index (χ0) is 15.6. The molecule has 2 N–H and O–H groups in total. The third-order valence-corrected chi connectivity index (χ3v) is 4.07. The van der Waals surface area contributed by atoms with Gasteiger partial charge in [0.25, 0.3) is 0 Å². The van der Waals surface area contributed by atoms with Crippen LogP contribution in [0.15, 0.2) is 40.9 Å². The minimum absolute atomic E-state index is 0.205. The average molecular weight is 351 g/mol. The molecule has 0 unspecified atom stereocenters. The first kappa shape index (κ1) is 16.0. The highest BCUT2D eigenvalue weighted by molar-refractivity contribution is 9.10. The van der Waals surface area contributed by atoms with Crippen LogP contribution < -0.4 is 10.6 Å². The number of anilines is 1. The third kappa shape index (κ3) is 3.83. The molecule has 2 rings (SSSR count). The van der Waals surface area contributed by atoms with E-state index in [1.54, 1.807) is 13.0 Å². The van der Waals surface area contributed by atoms with E-state index < -0.39 is 0 Å². The Morgan fingerprint density at radius 1 is 1.24 bits per heavy atom. The number of halogens is 2. The zero-order valence-corrected chi connectivity index (χ0v) is 14.1. The van der Waals surface area contributed by atoms with Crippen LogP contribution in [0.2, 0.25) is 0 Å². The normalized spacial score (nSPS) is 12.3. The first-order chi connectivity index (χ1) is 9.88. The van der Waals surface area contributed by atoms with Gasteiger partial charge in [0.1, 0.15) is 5.82 Å². The molecule has 0 saturated heterocycles. The first-order valence-corrected chi connectivity index (χ1v) is 7.69. The standard InChI is InChI=1S/C17H20BrFN2/c1-11-8-17(15(12(2)20)9-16(11)19)21(3)10-13-4-6-14(18)7-5-13/h4-9,12H,10,20H2,1-3H3/t12-/m1/s1. The van der Waals surface area contributed by atoms with Crippen molar-refractivity contribution in [2.75, 3.05) is 11.9 Å². The van der Waals surface area contributed by atoms with Gasteiger partial charge in [0.05, 0.1) is 0 Å². The van der Waals surface area contributed by atoms with E-state index in [0.29, 0.717) is 5.56 Å². The fourth-order valence-corrected chi connectivity index (χ4v) is 2.59. The van der Waals surface area contributed by atoms with Crippen LogP contribution in [0.1, 0.15) is 29.7 Å². The second-order valence-corrected chi connectivity index (χ2v) is 6.35. The molecule has 112 valence electrons. The van der Waals surface area contributed by atoms with Crippen molar-refractivity contribution in [2.24, 2.45) is 5.73 Å². The highest BCUT2D eigenvalue weighted by atomic mass is 79.9. The molecular formula is C17H20BrFN2. The van der Waals surface area contributed by atoms with Gasteiger partial charge in [0.2, 0.25) is 0 Å². The summed E-state index contributed by atoms with van der Waals surface area (Å²) in [4.78, 5) is 2.11. The van der Waals surface area contributed by atoms with Crippen molar-refractivity contribution in [1.29, 1.82) is 0 Å². The number of aryl methyl sites for hydroxylation is 1. The van der Waals surface area contributed by atoms with Gasteiger partial charge in [-0.2, -0.15) is 0 Å². The maximum atomic E-state index is 13.8. The highest BCUT2D eigenvalue weighted by Crippen LogP contribution is 2.28. The lowest BCUT2D eigenvalue weighted by atomic mass is 10.0. The summed E-state index contributed by atoms with van der Waals surface area (Å²) >= 11 is 3.43. The molecule has 2 aromatic carbocycles. The van der Waals surface area contributed by atoms with Crippen molar-refractivity contribution in [3.63, 3.8) is 0 Å². The molecule has 0 bridgehead atoms. The number of rotatable bonds is 4. The molecule has 21 heavy (non-hydrogen) atoms. The summed E-state index contributed by atoms with van der Waals surface area (Å²) in [5, 5.41) is 0. The SMILES string of the molecule is Cc1cc(N(C)Cc2ccc(Br)cc2)c([C@@H](C)N)cc1F. The smallest absolute Gasteiger partial charge is 0.126 e. The molecule has 0 saturated carbocycles. The molecule has 1 atom stereocenters. The van der Waals surface area contributed by atoms with Gasteiger partial charge in [-0.15, -0.1) is 0 Å². The Hall–Kier alpha value is -1.39. The molecule has 0 aliphatic rings. The van der Waals surface area contributed by atoms with Gasteiger partial charge < -0.3 is 10.6 Å². The maximum absolute atomic E-state index is 13.8. The predicted molar refractivity (Wildman–Crippen MR) is 90.0 cm³/mol. The topological polar surface area (TPSA) is 29.3 Å². The van der Waals surface area contributed by atoms with E-state index in [4.69, 9.17) is 5.73 Å². The van der Waals surface area contributed by atoms with Crippen LogP contribution in [0.5, 0.6) is 0 Å². The summed E-state index contributed by atoms with van der Waals surface area (Å²) in [6, 6.07) is 11.4. The molecule has 0 fully saturated rings. The van der Waals surface area contributed by atoms with Crippen LogP contribution >= 0.6 is 15.9 Å². The fourth-order valence-electron chi connectivity index (χ4n) is 2.33. The summed E-state index contributed by atoms with van der Waals surface area (Å²) in [5.41, 5.74) is 9.62. The van der Waals surface area contributed by atoms with Gasteiger partial charge in [-0.05, 0) is 54.8 Å². The average Bonchev–Trinajstić information content (AvgIpc) is 2.43. The Kier molecular flexibility index (Phi) is 5.01. The number of hydrogen-bond donors (Lipinski definition) is 1. The Morgan fingerprint density at radius 3 is 2.43 bits per heavy atom. The molecule has 0 spiro atoms. The van der Waals surface area contributed by atoms with Crippen LogP contribution in [-0.2, 0) is 6.54 Å². The van der Waals surface area contributed by atoms with Crippen molar-refractivity contribution in [2.45, 2.75) is 26.4 Å². The van der Waals surface area contributed by atoms with E-state index in [1.165, 1.54) is 5.56 Å². The molecule has 2 aromatic rings. The summed E-state index contributed by atoms with van der Waals surface area (Å²) in [6.45, 7) is 4.40. The minimum atomic E-state index is -0.206. The van der Waals surface area contributed by atoms with Crippen molar-refractivity contribution in [3.8, 4) is 0 Å².